The Bertz CT molecular complexity index is 1480. The number of aliphatic hydroxyl groups is 1. The largest absolute Gasteiger partial charge is 0.372 e. The number of hydrogen-bond acceptors (Lipinski definition) is 4. The summed E-state index contributed by atoms with van der Waals surface area (Å²) in [6, 6.07) is 6.51. The first-order chi connectivity index (χ1) is 19.0. The van der Waals surface area contributed by atoms with E-state index in [1.165, 1.54) is 11.0 Å². The number of carbonyl (C=O) groups is 2. The fraction of sp³-hybridized carbons (Fsp3) is 0.321. The molecule has 1 aliphatic carbocycles. The van der Waals surface area contributed by atoms with Gasteiger partial charge in [0.1, 0.15) is 23.1 Å². The van der Waals surface area contributed by atoms with E-state index in [2.05, 4.69) is 10.3 Å². The second kappa shape index (κ2) is 10.8. The number of anilines is 1. The molecule has 1 fully saturated rings. The molecule has 2 amide bonds. The van der Waals surface area contributed by atoms with Crippen molar-refractivity contribution in [2.45, 2.75) is 43.8 Å². The smallest absolute Gasteiger partial charge is 0.281 e. The average Bonchev–Trinajstić information content (AvgIpc) is 3.12. The normalized spacial score (nSPS) is 22.5. The lowest BCUT2D eigenvalue weighted by molar-refractivity contribution is -0.132. The topological polar surface area (TPSA) is 82.5 Å². The highest BCUT2D eigenvalue weighted by molar-refractivity contribution is 6.30. The molecule has 2 N–H and O–H groups in total. The zero-order chi connectivity index (χ0) is 28.8. The van der Waals surface area contributed by atoms with Crippen LogP contribution >= 0.6 is 11.6 Å². The standard InChI is InChI=1S/C28H23ClF5N3O3/c29-15-9-19(24(25(33)34)35-12-15)26(38)36-18-5-1-14(2-6-18)13-37-23-8-4-17(31)11-21(23)28(40,27(37)39)20-10-16(30)3-7-22(20)32/h3-4,7-12,14,18,25,40H,1-2,5-6,13H2,(H,36,38)/t14-,18-,28?. The molecular formula is C28H23ClF5N3O3. The van der Waals surface area contributed by atoms with Crippen molar-refractivity contribution in [1.82, 2.24) is 10.3 Å². The summed E-state index contributed by atoms with van der Waals surface area (Å²) in [5, 5.41) is 14.2. The van der Waals surface area contributed by atoms with Crippen LogP contribution < -0.4 is 10.2 Å². The number of benzene rings is 2. The Kier molecular flexibility index (Phi) is 7.54. The quantitative estimate of drug-likeness (QED) is 0.369. The maximum absolute atomic E-state index is 14.7. The summed E-state index contributed by atoms with van der Waals surface area (Å²) in [5.41, 5.74) is -4.21. The van der Waals surface area contributed by atoms with Gasteiger partial charge < -0.3 is 15.3 Å². The first kappa shape index (κ1) is 28.0. The minimum absolute atomic E-state index is 0.0479. The molecule has 0 radical (unpaired) electrons. The first-order valence-corrected chi connectivity index (χ1v) is 12.9. The highest BCUT2D eigenvalue weighted by Gasteiger charge is 2.53. The minimum atomic E-state index is -2.96. The van der Waals surface area contributed by atoms with E-state index in [1.54, 1.807) is 0 Å². The van der Waals surface area contributed by atoms with E-state index in [-0.39, 0.29) is 40.3 Å². The summed E-state index contributed by atoms with van der Waals surface area (Å²) in [6.07, 6.45) is 0.0649. The number of amides is 2. The van der Waals surface area contributed by atoms with Gasteiger partial charge in [0, 0.05) is 29.9 Å². The Hall–Kier alpha value is -3.57. The average molecular weight is 580 g/mol. The summed E-state index contributed by atoms with van der Waals surface area (Å²) >= 11 is 5.84. The van der Waals surface area contributed by atoms with E-state index in [4.69, 9.17) is 11.6 Å². The SMILES string of the molecule is O=C(N[C@H]1CC[C@H](CN2C(=O)C(O)(c3cc(F)ccc3F)c3cc(F)ccc32)CC1)c1cc(Cl)cnc1C(F)F. The molecule has 6 nitrogen and oxygen atoms in total. The number of carbonyl (C=O) groups excluding carboxylic acids is 2. The molecule has 5 rings (SSSR count). The molecule has 1 unspecified atom stereocenters. The predicted molar refractivity (Wildman–Crippen MR) is 136 cm³/mol. The van der Waals surface area contributed by atoms with Crippen LogP contribution in [0.25, 0.3) is 0 Å². The van der Waals surface area contributed by atoms with Gasteiger partial charge in [-0.2, -0.15) is 0 Å². The van der Waals surface area contributed by atoms with E-state index in [9.17, 15) is 36.6 Å². The molecule has 1 atom stereocenters. The molecule has 2 heterocycles. The van der Waals surface area contributed by atoms with Crippen LogP contribution in [0.4, 0.5) is 27.6 Å². The van der Waals surface area contributed by atoms with Gasteiger partial charge in [-0.25, -0.2) is 22.0 Å². The number of fused-ring (bicyclic) bond motifs is 1. The van der Waals surface area contributed by atoms with Crippen LogP contribution in [-0.4, -0.2) is 34.5 Å². The lowest BCUT2D eigenvalue weighted by Crippen LogP contribution is -2.45. The fourth-order valence-corrected chi connectivity index (χ4v) is 5.64. The Balaban J connectivity index is 1.31. The molecule has 3 aromatic rings. The molecule has 40 heavy (non-hydrogen) atoms. The van der Waals surface area contributed by atoms with Crippen molar-refractivity contribution in [3.63, 3.8) is 0 Å². The van der Waals surface area contributed by atoms with Gasteiger partial charge in [0.05, 0.1) is 16.3 Å². The summed E-state index contributed by atoms with van der Waals surface area (Å²) < 4.78 is 69.5. The summed E-state index contributed by atoms with van der Waals surface area (Å²) in [4.78, 5) is 31.1. The summed E-state index contributed by atoms with van der Waals surface area (Å²) in [5.74, 6) is -4.41. The van der Waals surface area contributed by atoms with E-state index < -0.39 is 52.5 Å². The first-order valence-electron chi connectivity index (χ1n) is 12.5. The Morgan fingerprint density at radius 1 is 1.05 bits per heavy atom. The summed E-state index contributed by atoms with van der Waals surface area (Å²) in [7, 11) is 0. The third-order valence-corrected chi connectivity index (χ3v) is 7.68. The van der Waals surface area contributed by atoms with Crippen molar-refractivity contribution in [1.29, 1.82) is 0 Å². The van der Waals surface area contributed by atoms with E-state index >= 15 is 0 Å². The maximum atomic E-state index is 14.7. The van der Waals surface area contributed by atoms with Crippen LogP contribution in [0.5, 0.6) is 0 Å². The third kappa shape index (κ3) is 5.03. The third-order valence-electron chi connectivity index (χ3n) is 7.47. The van der Waals surface area contributed by atoms with Gasteiger partial charge in [-0.05, 0) is 74.1 Å². The molecule has 1 aliphatic heterocycles. The van der Waals surface area contributed by atoms with Crippen molar-refractivity contribution in [3.8, 4) is 0 Å². The molecule has 12 heteroatoms. The molecular weight excluding hydrogens is 557 g/mol. The number of nitrogens with one attached hydrogen (secondary N) is 1. The summed E-state index contributed by atoms with van der Waals surface area (Å²) in [6.45, 7) is 0.102. The number of pyridine rings is 1. The van der Waals surface area contributed by atoms with Gasteiger partial charge in [-0.15, -0.1) is 0 Å². The van der Waals surface area contributed by atoms with Crippen LogP contribution in [0.3, 0.4) is 0 Å². The van der Waals surface area contributed by atoms with Crippen molar-refractivity contribution in [2.24, 2.45) is 5.92 Å². The van der Waals surface area contributed by atoms with Crippen LogP contribution in [-0.2, 0) is 10.4 Å². The molecule has 1 aromatic heterocycles. The van der Waals surface area contributed by atoms with E-state index in [0.717, 1.165) is 36.5 Å². The molecule has 0 bridgehead atoms. The van der Waals surface area contributed by atoms with Crippen molar-refractivity contribution < 1.29 is 36.6 Å². The van der Waals surface area contributed by atoms with Gasteiger partial charge in [-0.1, -0.05) is 11.6 Å². The van der Waals surface area contributed by atoms with Crippen LogP contribution in [0.1, 0.15) is 59.3 Å². The van der Waals surface area contributed by atoms with Gasteiger partial charge >= 0.3 is 0 Å². The van der Waals surface area contributed by atoms with Crippen molar-refractivity contribution in [3.05, 3.63) is 93.5 Å². The minimum Gasteiger partial charge on any atom is -0.372 e. The van der Waals surface area contributed by atoms with E-state index in [1.807, 2.05) is 0 Å². The van der Waals surface area contributed by atoms with Gasteiger partial charge in [0.2, 0.25) is 0 Å². The molecule has 1 saturated carbocycles. The second-order valence-corrected chi connectivity index (χ2v) is 10.4. The van der Waals surface area contributed by atoms with Crippen LogP contribution in [0.2, 0.25) is 5.02 Å². The number of aromatic nitrogens is 1. The van der Waals surface area contributed by atoms with E-state index in [0.29, 0.717) is 31.7 Å². The second-order valence-electron chi connectivity index (χ2n) is 9.99. The maximum Gasteiger partial charge on any atom is 0.281 e. The Morgan fingerprint density at radius 2 is 1.70 bits per heavy atom. The molecule has 0 spiro atoms. The predicted octanol–water partition coefficient (Wildman–Crippen LogP) is 5.66. The number of rotatable bonds is 6. The van der Waals surface area contributed by atoms with Gasteiger partial charge in [0.15, 0.2) is 5.60 Å². The number of alkyl halides is 2. The zero-order valence-electron chi connectivity index (χ0n) is 20.8. The monoisotopic (exact) mass is 579 g/mol. The molecule has 210 valence electrons. The van der Waals surface area contributed by atoms with Crippen LogP contribution in [0.15, 0.2) is 48.7 Å². The van der Waals surface area contributed by atoms with Crippen molar-refractivity contribution in [2.75, 3.05) is 11.4 Å². The number of halogens is 6. The highest BCUT2D eigenvalue weighted by atomic mass is 35.5. The zero-order valence-corrected chi connectivity index (χ0v) is 21.6. The molecule has 2 aliphatic rings. The Labute approximate surface area is 230 Å². The lowest BCUT2D eigenvalue weighted by atomic mass is 9.85. The molecule has 2 aromatic carbocycles. The molecule has 0 saturated heterocycles. The lowest BCUT2D eigenvalue weighted by Gasteiger charge is -2.32. The fourth-order valence-electron chi connectivity index (χ4n) is 5.49. The Morgan fingerprint density at radius 3 is 2.38 bits per heavy atom. The number of hydrogen-bond donors (Lipinski definition) is 2. The van der Waals surface area contributed by atoms with Crippen LogP contribution in [0, 0.1) is 23.4 Å². The van der Waals surface area contributed by atoms with Crippen molar-refractivity contribution >= 4 is 29.1 Å². The van der Waals surface area contributed by atoms with Gasteiger partial charge in [-0.3, -0.25) is 14.6 Å². The number of nitrogens with zero attached hydrogens (tertiary/aromatic N) is 2. The highest BCUT2D eigenvalue weighted by Crippen LogP contribution is 2.46. The van der Waals surface area contributed by atoms with Gasteiger partial charge in [0.25, 0.3) is 18.2 Å².